The molecule has 8 heteroatoms. The molecule has 2 rings (SSSR count). The Morgan fingerprint density at radius 1 is 1.46 bits per heavy atom. The van der Waals surface area contributed by atoms with Crippen LogP contribution in [0.2, 0.25) is 5.02 Å². The molecule has 1 aliphatic heterocycles. The van der Waals surface area contributed by atoms with Crippen molar-refractivity contribution in [2.24, 2.45) is 0 Å². The first kappa shape index (κ1) is 19.1. The van der Waals surface area contributed by atoms with E-state index in [-0.39, 0.29) is 28.8 Å². The number of likely N-dealkylation sites (N-methyl/N-ethyl adjacent to an activating group) is 1. The SMILES string of the molecule is CCCS(=O)(=O)N1CCCC1C(=O)N(C)Cc1c(F)cccc1Cl. The predicted molar refractivity (Wildman–Crippen MR) is 91.7 cm³/mol. The van der Waals surface area contributed by atoms with Crippen molar-refractivity contribution in [3.63, 3.8) is 0 Å². The zero-order valence-corrected chi connectivity index (χ0v) is 15.4. The molecule has 1 unspecified atom stereocenters. The highest BCUT2D eigenvalue weighted by Gasteiger charge is 2.39. The van der Waals surface area contributed by atoms with E-state index < -0.39 is 21.9 Å². The molecule has 1 aliphatic rings. The number of carbonyl (C=O) groups excluding carboxylic acids is 1. The summed E-state index contributed by atoms with van der Waals surface area (Å²) >= 11 is 6.00. The summed E-state index contributed by atoms with van der Waals surface area (Å²) < 4.78 is 39.8. The van der Waals surface area contributed by atoms with Crippen LogP contribution in [0.3, 0.4) is 0 Å². The number of carbonyl (C=O) groups is 1. The molecule has 0 aliphatic carbocycles. The highest BCUT2D eigenvalue weighted by atomic mass is 35.5. The highest BCUT2D eigenvalue weighted by molar-refractivity contribution is 7.89. The van der Waals surface area contributed by atoms with Gasteiger partial charge in [-0.05, 0) is 31.4 Å². The lowest BCUT2D eigenvalue weighted by Gasteiger charge is -2.27. The Balaban J connectivity index is 2.15. The largest absolute Gasteiger partial charge is 0.340 e. The Morgan fingerprint density at radius 2 is 2.17 bits per heavy atom. The van der Waals surface area contributed by atoms with Crippen LogP contribution in [0, 0.1) is 5.82 Å². The van der Waals surface area contributed by atoms with E-state index in [1.165, 1.54) is 28.4 Å². The minimum absolute atomic E-state index is 0.00249. The smallest absolute Gasteiger partial charge is 0.241 e. The van der Waals surface area contributed by atoms with Crippen LogP contribution in [0.1, 0.15) is 31.7 Å². The van der Waals surface area contributed by atoms with E-state index >= 15 is 0 Å². The Kier molecular flexibility index (Phi) is 6.22. The fraction of sp³-hybridized carbons (Fsp3) is 0.562. The van der Waals surface area contributed by atoms with Gasteiger partial charge in [-0.1, -0.05) is 24.6 Å². The van der Waals surface area contributed by atoms with Crippen molar-refractivity contribution in [3.8, 4) is 0 Å². The van der Waals surface area contributed by atoms with Gasteiger partial charge in [0.15, 0.2) is 0 Å². The van der Waals surface area contributed by atoms with Gasteiger partial charge in [-0.3, -0.25) is 4.79 Å². The normalized spacial score (nSPS) is 18.8. The second-order valence-corrected chi connectivity index (χ2v) is 8.43. The Hall–Kier alpha value is -1.18. The zero-order valence-electron chi connectivity index (χ0n) is 13.8. The Morgan fingerprint density at radius 3 is 2.79 bits per heavy atom. The van der Waals surface area contributed by atoms with Crippen molar-refractivity contribution >= 4 is 27.5 Å². The van der Waals surface area contributed by atoms with Crippen molar-refractivity contribution in [2.75, 3.05) is 19.3 Å². The topological polar surface area (TPSA) is 57.7 Å². The summed E-state index contributed by atoms with van der Waals surface area (Å²) in [4.78, 5) is 14.0. The van der Waals surface area contributed by atoms with Gasteiger partial charge < -0.3 is 4.90 Å². The molecular weight excluding hydrogens is 355 g/mol. The number of hydrogen-bond donors (Lipinski definition) is 0. The van der Waals surface area contributed by atoms with Crippen LogP contribution in [0.4, 0.5) is 4.39 Å². The van der Waals surface area contributed by atoms with Gasteiger partial charge >= 0.3 is 0 Å². The number of halogens is 2. The van der Waals surface area contributed by atoms with E-state index in [1.54, 1.807) is 13.0 Å². The first-order chi connectivity index (χ1) is 11.3. The molecule has 1 aromatic rings. The number of benzene rings is 1. The molecule has 1 heterocycles. The molecule has 1 aromatic carbocycles. The summed E-state index contributed by atoms with van der Waals surface area (Å²) in [6, 6.07) is 3.63. The van der Waals surface area contributed by atoms with Crippen molar-refractivity contribution < 1.29 is 17.6 Å². The van der Waals surface area contributed by atoms with Gasteiger partial charge in [-0.2, -0.15) is 4.31 Å². The van der Waals surface area contributed by atoms with Crippen LogP contribution in [-0.4, -0.2) is 48.9 Å². The first-order valence-corrected chi connectivity index (χ1v) is 9.94. The maximum Gasteiger partial charge on any atom is 0.241 e. The van der Waals surface area contributed by atoms with Gasteiger partial charge in [0.25, 0.3) is 0 Å². The molecule has 1 saturated heterocycles. The van der Waals surface area contributed by atoms with Crippen molar-refractivity contribution in [2.45, 2.75) is 38.8 Å². The molecule has 5 nitrogen and oxygen atoms in total. The summed E-state index contributed by atoms with van der Waals surface area (Å²) in [5, 5.41) is 0.247. The van der Waals surface area contributed by atoms with E-state index in [4.69, 9.17) is 11.6 Å². The van der Waals surface area contributed by atoms with E-state index in [2.05, 4.69) is 0 Å². The average Bonchev–Trinajstić information content (AvgIpc) is 3.00. The number of rotatable bonds is 6. The quantitative estimate of drug-likeness (QED) is 0.766. The fourth-order valence-corrected chi connectivity index (χ4v) is 4.91. The number of nitrogens with zero attached hydrogens (tertiary/aromatic N) is 2. The van der Waals surface area contributed by atoms with Gasteiger partial charge in [0, 0.05) is 30.7 Å². The minimum Gasteiger partial charge on any atom is -0.340 e. The molecule has 1 fully saturated rings. The molecule has 0 bridgehead atoms. The second kappa shape index (κ2) is 7.80. The van der Waals surface area contributed by atoms with Gasteiger partial charge in [-0.15, -0.1) is 0 Å². The average molecular weight is 377 g/mol. The van der Waals surface area contributed by atoms with Crippen LogP contribution in [-0.2, 0) is 21.4 Å². The molecule has 0 saturated carbocycles. The summed E-state index contributed by atoms with van der Waals surface area (Å²) in [5.74, 6) is -0.782. The van der Waals surface area contributed by atoms with E-state index in [1.807, 2.05) is 0 Å². The predicted octanol–water partition coefficient (Wildman–Crippen LogP) is 2.64. The van der Waals surface area contributed by atoms with Crippen LogP contribution in [0.5, 0.6) is 0 Å². The maximum absolute atomic E-state index is 13.9. The minimum atomic E-state index is -3.44. The summed E-state index contributed by atoms with van der Waals surface area (Å²) in [5.41, 5.74) is 0.232. The molecule has 0 aromatic heterocycles. The van der Waals surface area contributed by atoms with Gasteiger partial charge in [0.1, 0.15) is 11.9 Å². The third kappa shape index (κ3) is 4.07. The van der Waals surface area contributed by atoms with Gasteiger partial charge in [0.05, 0.1) is 5.75 Å². The molecule has 24 heavy (non-hydrogen) atoms. The Bertz CT molecular complexity index is 691. The third-order valence-electron chi connectivity index (χ3n) is 4.14. The highest BCUT2D eigenvalue weighted by Crippen LogP contribution is 2.25. The molecule has 1 amide bonds. The summed E-state index contributed by atoms with van der Waals surface area (Å²) in [6.45, 7) is 2.15. The standard InChI is InChI=1S/C16H22ClFN2O3S/c1-3-10-24(22,23)20-9-5-8-15(20)16(21)19(2)11-12-13(17)6-4-7-14(12)18/h4,6-7,15H,3,5,8-11H2,1-2H3. The van der Waals surface area contributed by atoms with Crippen LogP contribution >= 0.6 is 11.6 Å². The van der Waals surface area contributed by atoms with Crippen molar-refractivity contribution in [1.29, 1.82) is 0 Å². The lowest BCUT2D eigenvalue weighted by Crippen LogP contribution is -2.47. The first-order valence-electron chi connectivity index (χ1n) is 7.95. The molecule has 0 radical (unpaired) electrons. The molecule has 0 spiro atoms. The zero-order chi connectivity index (χ0) is 17.9. The van der Waals surface area contributed by atoms with Crippen LogP contribution in [0.15, 0.2) is 18.2 Å². The van der Waals surface area contributed by atoms with Crippen molar-refractivity contribution in [1.82, 2.24) is 9.21 Å². The monoisotopic (exact) mass is 376 g/mol. The second-order valence-electron chi connectivity index (χ2n) is 5.98. The van der Waals surface area contributed by atoms with Gasteiger partial charge in [-0.25, -0.2) is 12.8 Å². The van der Waals surface area contributed by atoms with Gasteiger partial charge in [0.2, 0.25) is 15.9 Å². The van der Waals surface area contributed by atoms with E-state index in [0.29, 0.717) is 25.8 Å². The van der Waals surface area contributed by atoms with E-state index in [0.717, 1.165) is 0 Å². The number of sulfonamides is 1. The maximum atomic E-state index is 13.9. The van der Waals surface area contributed by atoms with E-state index in [9.17, 15) is 17.6 Å². The third-order valence-corrected chi connectivity index (χ3v) is 6.57. The lowest BCUT2D eigenvalue weighted by atomic mass is 10.1. The molecular formula is C16H22ClFN2O3S. The van der Waals surface area contributed by atoms with Crippen LogP contribution in [0.25, 0.3) is 0 Å². The Labute approximate surface area is 147 Å². The lowest BCUT2D eigenvalue weighted by molar-refractivity contribution is -0.133. The van der Waals surface area contributed by atoms with Crippen LogP contribution < -0.4 is 0 Å². The summed E-state index contributed by atoms with van der Waals surface area (Å²) in [6.07, 6.45) is 1.63. The summed E-state index contributed by atoms with van der Waals surface area (Å²) in [7, 11) is -1.91. The number of amides is 1. The number of hydrogen-bond acceptors (Lipinski definition) is 3. The molecule has 134 valence electrons. The molecule has 1 atom stereocenters. The van der Waals surface area contributed by atoms with Crippen molar-refractivity contribution in [3.05, 3.63) is 34.6 Å². The fourth-order valence-electron chi connectivity index (χ4n) is 2.95. The molecule has 0 N–H and O–H groups in total.